The molecule has 25 heavy (non-hydrogen) atoms. The molecule has 7 heteroatoms. The van der Waals surface area contributed by atoms with Crippen LogP contribution in [0, 0.1) is 5.92 Å². The van der Waals surface area contributed by atoms with Crippen LogP contribution in [0.1, 0.15) is 60.3 Å². The second-order valence-corrected chi connectivity index (χ2v) is 7.81. The van der Waals surface area contributed by atoms with Gasteiger partial charge in [0.15, 0.2) is 0 Å². The molecule has 152 valence electrons. The van der Waals surface area contributed by atoms with Gasteiger partial charge in [0.05, 0.1) is 0 Å². The van der Waals surface area contributed by atoms with Crippen LogP contribution in [-0.4, -0.2) is 61.9 Å². The molecule has 0 N–H and O–H groups in total. The minimum absolute atomic E-state index is 0.425. The lowest BCUT2D eigenvalue weighted by molar-refractivity contribution is -0.0362. The second kappa shape index (κ2) is 17.4. The van der Waals surface area contributed by atoms with Gasteiger partial charge in [-0.1, -0.05) is 0 Å². The quantitative estimate of drug-likeness (QED) is 0.251. The molecule has 0 bridgehead atoms. The summed E-state index contributed by atoms with van der Waals surface area (Å²) in [7, 11) is -3.03. The van der Waals surface area contributed by atoms with Crippen molar-refractivity contribution in [3.05, 3.63) is 0 Å². The fourth-order valence-corrected chi connectivity index (χ4v) is 4.55. The van der Waals surface area contributed by atoms with E-state index in [9.17, 15) is 0 Å². The minimum Gasteiger partial charge on any atom is -0.382 e. The average Bonchev–Trinajstić information content (AvgIpc) is 2.60. The molecule has 0 aromatic carbocycles. The van der Waals surface area contributed by atoms with Gasteiger partial charge in [0.25, 0.3) is 0 Å². The van der Waals surface area contributed by atoms with Crippen LogP contribution in [0.2, 0.25) is 0 Å². The van der Waals surface area contributed by atoms with E-state index in [2.05, 4.69) is 0 Å². The van der Waals surface area contributed by atoms with Crippen molar-refractivity contribution < 1.29 is 27.2 Å². The minimum atomic E-state index is -3.03. The Balaban J connectivity index is 4.56. The molecule has 0 aliphatic rings. The van der Waals surface area contributed by atoms with Crippen LogP contribution in [0.3, 0.4) is 0 Å². The Kier molecular flexibility index (Phi) is 17.4. The van der Waals surface area contributed by atoms with Gasteiger partial charge in [-0.25, -0.2) is 0 Å². The zero-order valence-corrected chi connectivity index (χ0v) is 18.0. The van der Waals surface area contributed by atoms with Crippen molar-refractivity contribution in [1.29, 1.82) is 0 Å². The summed E-state index contributed by atoms with van der Waals surface area (Å²) in [6, 6.07) is 0. The Bertz CT molecular complexity index is 251. The third-order valence-electron chi connectivity index (χ3n) is 3.67. The van der Waals surface area contributed by atoms with E-state index in [1.54, 1.807) is 0 Å². The van der Waals surface area contributed by atoms with Crippen LogP contribution >= 0.6 is 0 Å². The van der Waals surface area contributed by atoms with E-state index in [1.807, 2.05) is 34.6 Å². The molecule has 0 unspecified atom stereocenters. The van der Waals surface area contributed by atoms with E-state index >= 15 is 0 Å². The first-order valence-corrected chi connectivity index (χ1v) is 11.5. The molecular formula is C18H40O6Si. The van der Waals surface area contributed by atoms with Crippen LogP contribution in [0.15, 0.2) is 0 Å². The van der Waals surface area contributed by atoms with Gasteiger partial charge in [-0.3, -0.25) is 0 Å². The molecule has 0 amide bonds. The van der Waals surface area contributed by atoms with Crippen LogP contribution < -0.4 is 0 Å². The molecule has 0 saturated carbocycles. The molecule has 0 atom stereocenters. The molecule has 0 aromatic rings. The summed E-state index contributed by atoms with van der Waals surface area (Å²) in [4.78, 5) is 0. The van der Waals surface area contributed by atoms with Gasteiger partial charge in [-0.05, 0) is 66.2 Å². The zero-order valence-electron chi connectivity index (χ0n) is 17.0. The second-order valence-electron chi connectivity index (χ2n) is 5.65. The highest BCUT2D eigenvalue weighted by atomic mass is 28.4. The summed E-state index contributed by atoms with van der Waals surface area (Å²) in [6.07, 6.45) is 4.17. The molecule has 6 nitrogen and oxygen atoms in total. The number of rotatable bonds is 19. The monoisotopic (exact) mass is 380 g/mol. The highest BCUT2D eigenvalue weighted by molar-refractivity contribution is 6.53. The molecule has 0 aromatic heterocycles. The van der Waals surface area contributed by atoms with Crippen molar-refractivity contribution in [2.45, 2.75) is 60.3 Å². The Morgan fingerprint density at radius 2 is 1.04 bits per heavy atom. The smallest absolute Gasteiger partial charge is 0.382 e. The predicted molar refractivity (Wildman–Crippen MR) is 102 cm³/mol. The molecule has 0 fully saturated rings. The first kappa shape index (κ1) is 25.0. The molecular weight excluding hydrogens is 340 g/mol. The highest BCUT2D eigenvalue weighted by Crippen LogP contribution is 2.19. The molecule has 0 spiro atoms. The molecule has 0 aliphatic heterocycles. The largest absolute Gasteiger partial charge is 0.679 e. The summed E-state index contributed by atoms with van der Waals surface area (Å²) >= 11 is 0. The van der Waals surface area contributed by atoms with E-state index < -0.39 is 9.05 Å². The fourth-order valence-electron chi connectivity index (χ4n) is 2.55. The fraction of sp³-hybridized carbons (Fsp3) is 1.00. The van der Waals surface area contributed by atoms with E-state index in [4.69, 9.17) is 27.2 Å². The van der Waals surface area contributed by atoms with Crippen molar-refractivity contribution >= 4 is 9.05 Å². The Labute approximate surface area is 155 Å². The normalized spacial score (nSPS) is 12.2. The number of hydrogen-bond acceptors (Lipinski definition) is 6. The predicted octanol–water partition coefficient (Wildman–Crippen LogP) is 3.80. The Morgan fingerprint density at radius 3 is 1.40 bits per heavy atom. The highest BCUT2D eigenvalue weighted by Gasteiger charge is 2.45. The number of ether oxygens (including phenoxy) is 2. The molecule has 0 saturated heterocycles. The van der Waals surface area contributed by atoms with Crippen LogP contribution in [-0.2, 0) is 27.2 Å². The van der Waals surface area contributed by atoms with Crippen molar-refractivity contribution in [2.75, 3.05) is 52.9 Å². The molecule has 0 radical (unpaired) electrons. The average molecular weight is 381 g/mol. The number of hydrogen-bond donors (Lipinski definition) is 0. The maximum atomic E-state index is 6.12. The van der Waals surface area contributed by atoms with Gasteiger partial charge in [0.2, 0.25) is 0 Å². The first-order chi connectivity index (χ1) is 12.2. The van der Waals surface area contributed by atoms with Gasteiger partial charge in [-0.15, -0.1) is 0 Å². The summed E-state index contributed by atoms with van der Waals surface area (Å²) in [5.74, 6) is 0.425. The Morgan fingerprint density at radius 1 is 0.600 bits per heavy atom. The Hall–Kier alpha value is -0.0231. The van der Waals surface area contributed by atoms with Crippen molar-refractivity contribution in [3.8, 4) is 0 Å². The van der Waals surface area contributed by atoms with E-state index in [-0.39, 0.29) is 0 Å². The summed E-state index contributed by atoms with van der Waals surface area (Å²) < 4.78 is 34.3. The molecule has 0 rings (SSSR count). The first-order valence-electron chi connectivity index (χ1n) is 9.89. The summed E-state index contributed by atoms with van der Waals surface area (Å²) in [5, 5.41) is 0. The lowest BCUT2D eigenvalue weighted by atomic mass is 9.99. The van der Waals surface area contributed by atoms with Gasteiger partial charge in [0.1, 0.15) is 0 Å². The van der Waals surface area contributed by atoms with Gasteiger partial charge < -0.3 is 27.2 Å². The molecule has 0 aliphatic carbocycles. The lowest BCUT2D eigenvalue weighted by Crippen LogP contribution is -2.50. The van der Waals surface area contributed by atoms with Gasteiger partial charge >= 0.3 is 9.05 Å². The maximum absolute atomic E-state index is 6.12. The van der Waals surface area contributed by atoms with Gasteiger partial charge in [0, 0.05) is 52.9 Å². The van der Waals surface area contributed by atoms with Gasteiger partial charge in [-0.2, -0.15) is 0 Å². The summed E-state index contributed by atoms with van der Waals surface area (Å²) in [5.41, 5.74) is 0. The lowest BCUT2D eigenvalue weighted by Gasteiger charge is -2.29. The van der Waals surface area contributed by atoms with Crippen LogP contribution in [0.25, 0.3) is 0 Å². The van der Waals surface area contributed by atoms with Crippen molar-refractivity contribution in [2.24, 2.45) is 5.92 Å². The van der Waals surface area contributed by atoms with Crippen molar-refractivity contribution in [1.82, 2.24) is 0 Å². The van der Waals surface area contributed by atoms with Crippen LogP contribution in [0.4, 0.5) is 0 Å². The SMILES string of the molecule is CCOCCCC(CCCOCC)CO[Si](OCC)(OCC)OCC. The topological polar surface area (TPSA) is 55.4 Å². The maximum Gasteiger partial charge on any atom is 0.679 e. The van der Waals surface area contributed by atoms with Crippen LogP contribution in [0.5, 0.6) is 0 Å². The van der Waals surface area contributed by atoms with Crippen molar-refractivity contribution in [3.63, 3.8) is 0 Å². The third-order valence-corrected chi connectivity index (χ3v) is 6.12. The van der Waals surface area contributed by atoms with E-state index in [1.165, 1.54) is 0 Å². The van der Waals surface area contributed by atoms with E-state index in [0.29, 0.717) is 32.3 Å². The third kappa shape index (κ3) is 12.9. The zero-order chi connectivity index (χ0) is 18.8. The summed E-state index contributed by atoms with van der Waals surface area (Å²) in [6.45, 7) is 15.1. The van der Waals surface area contributed by atoms with E-state index in [0.717, 1.165) is 52.1 Å². The standard InChI is InChI=1S/C18H40O6Si/c1-6-19-15-11-13-18(14-12-16-20-7-2)17-24-25(21-8-3,22-9-4)23-10-5/h18H,6-17H2,1-5H3. The molecule has 0 heterocycles.